The molecule has 0 saturated carbocycles. The maximum atomic E-state index is 12.8. The summed E-state index contributed by atoms with van der Waals surface area (Å²) in [5.41, 5.74) is 0.183. The summed E-state index contributed by atoms with van der Waals surface area (Å²) in [4.78, 5) is 41.6. The third-order valence-corrected chi connectivity index (χ3v) is 5.10. The minimum atomic E-state index is -0.494. The van der Waals surface area contributed by atoms with Crippen molar-refractivity contribution in [2.45, 2.75) is 32.4 Å². The molecule has 0 radical (unpaired) electrons. The molecule has 0 spiro atoms. The molecule has 4 rings (SSSR count). The molecule has 30 heavy (non-hydrogen) atoms. The van der Waals surface area contributed by atoms with Crippen molar-refractivity contribution in [1.82, 2.24) is 38.6 Å². The van der Waals surface area contributed by atoms with Crippen molar-refractivity contribution in [2.75, 3.05) is 0 Å². The zero-order chi connectivity index (χ0) is 21.4. The van der Waals surface area contributed by atoms with Gasteiger partial charge in [-0.25, -0.2) is 9.78 Å². The van der Waals surface area contributed by atoms with E-state index in [-0.39, 0.29) is 29.7 Å². The number of aromatic nitrogens is 7. The lowest BCUT2D eigenvalue weighted by atomic mass is 10.1. The van der Waals surface area contributed by atoms with Crippen LogP contribution in [0.4, 0.5) is 0 Å². The fraction of sp³-hybridized carbons (Fsp3) is 0.368. The highest BCUT2D eigenvalue weighted by Crippen LogP contribution is 2.18. The number of carbonyl (C=O) groups is 1. The van der Waals surface area contributed by atoms with Crippen LogP contribution in [0.15, 0.2) is 40.3 Å². The fourth-order valence-corrected chi connectivity index (χ4v) is 3.56. The van der Waals surface area contributed by atoms with E-state index < -0.39 is 11.2 Å². The predicted molar refractivity (Wildman–Crippen MR) is 109 cm³/mol. The third kappa shape index (κ3) is 3.17. The van der Waals surface area contributed by atoms with Crippen molar-refractivity contribution < 1.29 is 4.79 Å². The normalized spacial score (nSPS) is 12.5. The number of rotatable bonds is 6. The van der Waals surface area contributed by atoms with E-state index in [2.05, 4.69) is 20.5 Å². The second-order valence-corrected chi connectivity index (χ2v) is 7.15. The van der Waals surface area contributed by atoms with Crippen LogP contribution in [0.25, 0.3) is 16.8 Å². The van der Waals surface area contributed by atoms with Crippen molar-refractivity contribution in [1.29, 1.82) is 0 Å². The summed E-state index contributed by atoms with van der Waals surface area (Å²) in [6, 6.07) is 5.27. The predicted octanol–water partition coefficient (Wildman–Crippen LogP) is 0.134. The van der Waals surface area contributed by atoms with Crippen LogP contribution in [0, 0.1) is 0 Å². The standard InChI is InChI=1S/C19H22N8O3/c1-4-7-12(16-23-22-13-8-5-6-9-27(13)16)21-14(28)10-26-11-20-17-15(26)18(29)25(3)19(30)24(17)2/h5-6,8-9,11-12H,4,7,10H2,1-3H3,(H,21,28). The number of fused-ring (bicyclic) bond motifs is 2. The molecule has 0 aliphatic rings. The lowest BCUT2D eigenvalue weighted by molar-refractivity contribution is -0.122. The lowest BCUT2D eigenvalue weighted by Gasteiger charge is -2.17. The topological polar surface area (TPSA) is 121 Å². The molecular formula is C19H22N8O3. The summed E-state index contributed by atoms with van der Waals surface area (Å²) < 4.78 is 5.59. The highest BCUT2D eigenvalue weighted by Gasteiger charge is 2.21. The van der Waals surface area contributed by atoms with Gasteiger partial charge in [-0.05, 0) is 18.6 Å². The van der Waals surface area contributed by atoms with Gasteiger partial charge in [-0.2, -0.15) is 0 Å². The van der Waals surface area contributed by atoms with E-state index in [1.807, 2.05) is 35.7 Å². The Morgan fingerprint density at radius 1 is 1.17 bits per heavy atom. The third-order valence-electron chi connectivity index (χ3n) is 5.10. The molecular weight excluding hydrogens is 388 g/mol. The Morgan fingerprint density at radius 3 is 2.73 bits per heavy atom. The van der Waals surface area contributed by atoms with Gasteiger partial charge in [0.1, 0.15) is 6.54 Å². The van der Waals surface area contributed by atoms with Crippen LogP contribution in [-0.2, 0) is 25.4 Å². The van der Waals surface area contributed by atoms with Crippen molar-refractivity contribution in [2.24, 2.45) is 14.1 Å². The first-order valence-electron chi connectivity index (χ1n) is 9.62. The van der Waals surface area contributed by atoms with E-state index in [0.717, 1.165) is 11.0 Å². The van der Waals surface area contributed by atoms with Crippen molar-refractivity contribution in [3.63, 3.8) is 0 Å². The molecule has 0 fully saturated rings. The molecule has 11 heteroatoms. The summed E-state index contributed by atoms with van der Waals surface area (Å²) in [5, 5.41) is 11.4. The molecule has 0 aliphatic carbocycles. The van der Waals surface area contributed by atoms with Gasteiger partial charge >= 0.3 is 5.69 Å². The quantitative estimate of drug-likeness (QED) is 0.482. The number of hydrogen-bond donors (Lipinski definition) is 1. The van der Waals surface area contributed by atoms with Crippen LogP contribution in [0.3, 0.4) is 0 Å². The highest BCUT2D eigenvalue weighted by molar-refractivity contribution is 5.79. The van der Waals surface area contributed by atoms with Gasteiger partial charge in [0, 0.05) is 20.3 Å². The van der Waals surface area contributed by atoms with Gasteiger partial charge in [0.05, 0.1) is 12.4 Å². The minimum absolute atomic E-state index is 0.110. The average molecular weight is 410 g/mol. The largest absolute Gasteiger partial charge is 0.345 e. The molecule has 4 aromatic heterocycles. The Balaban J connectivity index is 1.64. The minimum Gasteiger partial charge on any atom is -0.345 e. The van der Waals surface area contributed by atoms with Crippen LogP contribution < -0.4 is 16.6 Å². The first-order valence-corrected chi connectivity index (χ1v) is 9.62. The Kier molecular flexibility index (Phi) is 4.94. The monoisotopic (exact) mass is 410 g/mol. The van der Waals surface area contributed by atoms with Gasteiger partial charge in [-0.15, -0.1) is 10.2 Å². The first kappa shape index (κ1) is 19.6. The molecule has 0 aliphatic heterocycles. The number of imidazole rings is 1. The van der Waals surface area contributed by atoms with Crippen LogP contribution in [0.2, 0.25) is 0 Å². The molecule has 1 N–H and O–H groups in total. The van der Waals surface area contributed by atoms with Crippen molar-refractivity contribution >= 4 is 22.7 Å². The number of amides is 1. The Labute approximate surface area is 170 Å². The SMILES string of the molecule is CCCC(NC(=O)Cn1cnc2c1c(=O)n(C)c(=O)n2C)c1nnc2ccccn12. The molecule has 156 valence electrons. The number of pyridine rings is 1. The van der Waals surface area contributed by atoms with Crippen LogP contribution in [0.5, 0.6) is 0 Å². The molecule has 0 bridgehead atoms. The summed E-state index contributed by atoms with van der Waals surface area (Å²) >= 11 is 0. The highest BCUT2D eigenvalue weighted by atomic mass is 16.2. The number of nitrogens with zero attached hydrogens (tertiary/aromatic N) is 7. The van der Waals surface area contributed by atoms with Gasteiger partial charge in [0.15, 0.2) is 22.6 Å². The Bertz CT molecular complexity index is 1360. The summed E-state index contributed by atoms with van der Waals surface area (Å²) in [6.07, 6.45) is 4.77. The molecule has 1 unspecified atom stereocenters. The number of nitrogens with one attached hydrogen (secondary N) is 1. The zero-order valence-corrected chi connectivity index (χ0v) is 16.9. The van der Waals surface area contributed by atoms with Crippen LogP contribution in [-0.4, -0.2) is 39.2 Å². The maximum Gasteiger partial charge on any atom is 0.332 e. The lowest BCUT2D eigenvalue weighted by Crippen LogP contribution is -2.38. The van der Waals surface area contributed by atoms with E-state index in [0.29, 0.717) is 17.9 Å². The smallest absolute Gasteiger partial charge is 0.332 e. The van der Waals surface area contributed by atoms with E-state index >= 15 is 0 Å². The molecule has 0 aromatic carbocycles. The van der Waals surface area contributed by atoms with Gasteiger partial charge in [0.2, 0.25) is 5.91 Å². The summed E-state index contributed by atoms with van der Waals surface area (Å²) in [5.74, 6) is 0.353. The Hall–Kier alpha value is -3.76. The van der Waals surface area contributed by atoms with E-state index in [1.165, 1.54) is 29.6 Å². The average Bonchev–Trinajstić information content (AvgIpc) is 3.35. The molecule has 4 heterocycles. The second-order valence-electron chi connectivity index (χ2n) is 7.15. The van der Waals surface area contributed by atoms with Crippen molar-refractivity contribution in [3.05, 3.63) is 57.4 Å². The zero-order valence-electron chi connectivity index (χ0n) is 16.9. The summed E-state index contributed by atoms with van der Waals surface area (Å²) in [6.45, 7) is 1.91. The molecule has 11 nitrogen and oxygen atoms in total. The van der Waals surface area contributed by atoms with Crippen LogP contribution in [0.1, 0.15) is 31.6 Å². The van der Waals surface area contributed by atoms with E-state index in [4.69, 9.17) is 0 Å². The van der Waals surface area contributed by atoms with Gasteiger partial charge in [0.25, 0.3) is 5.56 Å². The summed E-state index contributed by atoms with van der Waals surface area (Å²) in [7, 11) is 2.93. The molecule has 1 amide bonds. The van der Waals surface area contributed by atoms with Gasteiger partial charge in [-0.1, -0.05) is 19.4 Å². The fourth-order valence-electron chi connectivity index (χ4n) is 3.56. The van der Waals surface area contributed by atoms with Gasteiger partial charge < -0.3 is 9.88 Å². The van der Waals surface area contributed by atoms with Crippen molar-refractivity contribution in [3.8, 4) is 0 Å². The van der Waals surface area contributed by atoms with E-state index in [1.54, 1.807) is 0 Å². The number of aryl methyl sites for hydroxylation is 1. The Morgan fingerprint density at radius 2 is 1.97 bits per heavy atom. The maximum absolute atomic E-state index is 12.8. The first-order chi connectivity index (χ1) is 14.4. The van der Waals surface area contributed by atoms with Crippen LogP contribution >= 0.6 is 0 Å². The molecule has 0 saturated heterocycles. The van der Waals surface area contributed by atoms with Gasteiger partial charge in [-0.3, -0.25) is 23.1 Å². The second kappa shape index (κ2) is 7.58. The van der Waals surface area contributed by atoms with E-state index in [9.17, 15) is 14.4 Å². The molecule has 4 aromatic rings. The number of carbonyl (C=O) groups excluding carboxylic acids is 1. The molecule has 1 atom stereocenters. The number of hydrogen-bond acceptors (Lipinski definition) is 6.